The zero-order chi connectivity index (χ0) is 19.5. The topological polar surface area (TPSA) is 41.9 Å². The molecule has 144 valence electrons. The third-order valence-corrected chi connectivity index (χ3v) is 6.22. The highest BCUT2D eigenvalue weighted by atomic mass is 19.1. The zero-order valence-corrected chi connectivity index (χ0v) is 16.1. The molecule has 3 aromatic rings. The molecule has 1 aromatic carbocycles. The summed E-state index contributed by atoms with van der Waals surface area (Å²) < 4.78 is 28.4. The highest BCUT2D eigenvalue weighted by Crippen LogP contribution is 2.45. The first-order chi connectivity index (χ1) is 13.4. The standard InChI is InChI=1S/C22H22F2N4/c1-13-8-19(17-9-16(23)10-18(24)20(17)26-13)28-7-3-5-22(12-28)6-4-15-11-25-14(2)27-21(15)22/h8-11H,3-7,12H2,1-2H3. The number of hydrogen-bond donors (Lipinski definition) is 0. The second-order valence-corrected chi connectivity index (χ2v) is 8.16. The Kier molecular flexibility index (Phi) is 3.86. The maximum atomic E-state index is 14.4. The summed E-state index contributed by atoms with van der Waals surface area (Å²) in [7, 11) is 0. The molecule has 0 N–H and O–H groups in total. The van der Waals surface area contributed by atoms with Gasteiger partial charge in [0.1, 0.15) is 17.2 Å². The Labute approximate surface area is 162 Å². The molecule has 0 radical (unpaired) electrons. The monoisotopic (exact) mass is 380 g/mol. The van der Waals surface area contributed by atoms with Gasteiger partial charge in [-0.25, -0.2) is 23.7 Å². The van der Waals surface area contributed by atoms with Crippen LogP contribution in [0.4, 0.5) is 14.5 Å². The maximum absolute atomic E-state index is 14.4. The van der Waals surface area contributed by atoms with E-state index in [2.05, 4.69) is 14.9 Å². The Hall–Kier alpha value is -2.63. The lowest BCUT2D eigenvalue weighted by Gasteiger charge is -2.42. The summed E-state index contributed by atoms with van der Waals surface area (Å²) in [6.07, 6.45) is 6.09. The van der Waals surface area contributed by atoms with Crippen LogP contribution in [0, 0.1) is 25.5 Å². The van der Waals surface area contributed by atoms with Crippen LogP contribution in [0.15, 0.2) is 24.4 Å². The highest BCUT2D eigenvalue weighted by molar-refractivity contribution is 5.92. The van der Waals surface area contributed by atoms with Crippen molar-refractivity contribution in [2.45, 2.75) is 44.9 Å². The van der Waals surface area contributed by atoms with E-state index >= 15 is 0 Å². The molecule has 1 aliphatic heterocycles. The molecular weight excluding hydrogens is 358 g/mol. The molecule has 1 fully saturated rings. The van der Waals surface area contributed by atoms with Gasteiger partial charge in [-0.1, -0.05) is 0 Å². The van der Waals surface area contributed by atoms with Gasteiger partial charge in [-0.05, 0) is 57.2 Å². The Morgan fingerprint density at radius 3 is 2.79 bits per heavy atom. The van der Waals surface area contributed by atoms with Crippen LogP contribution in [0.1, 0.15) is 42.0 Å². The van der Waals surface area contributed by atoms with Crippen molar-refractivity contribution in [1.29, 1.82) is 0 Å². The molecule has 3 heterocycles. The lowest BCUT2D eigenvalue weighted by molar-refractivity contribution is 0.334. The largest absolute Gasteiger partial charge is 0.370 e. The molecule has 1 unspecified atom stereocenters. The molecule has 28 heavy (non-hydrogen) atoms. The normalized spacial score (nSPS) is 21.5. The van der Waals surface area contributed by atoms with Gasteiger partial charge in [0.2, 0.25) is 0 Å². The molecule has 1 atom stereocenters. The maximum Gasteiger partial charge on any atom is 0.152 e. The van der Waals surface area contributed by atoms with Crippen LogP contribution in [-0.2, 0) is 11.8 Å². The molecule has 1 aliphatic carbocycles. The van der Waals surface area contributed by atoms with E-state index in [0.717, 1.165) is 67.7 Å². The average molecular weight is 380 g/mol. The van der Waals surface area contributed by atoms with E-state index in [-0.39, 0.29) is 10.9 Å². The molecular formula is C22H22F2N4. The van der Waals surface area contributed by atoms with E-state index in [1.54, 1.807) is 0 Å². The number of aryl methyl sites for hydroxylation is 3. The summed E-state index contributed by atoms with van der Waals surface area (Å²) in [5, 5.41) is 0.539. The third kappa shape index (κ3) is 2.65. The van der Waals surface area contributed by atoms with Crippen LogP contribution in [0.3, 0.4) is 0 Å². The number of fused-ring (bicyclic) bond motifs is 3. The first-order valence-electron chi connectivity index (χ1n) is 9.80. The fourth-order valence-electron chi connectivity index (χ4n) is 4.98. The van der Waals surface area contributed by atoms with Gasteiger partial charge in [0.15, 0.2) is 5.82 Å². The lowest BCUT2D eigenvalue weighted by atomic mass is 9.77. The van der Waals surface area contributed by atoms with Crippen LogP contribution in [-0.4, -0.2) is 28.0 Å². The van der Waals surface area contributed by atoms with Crippen molar-refractivity contribution in [3.8, 4) is 0 Å². The second-order valence-electron chi connectivity index (χ2n) is 8.16. The molecule has 5 rings (SSSR count). The summed E-state index contributed by atoms with van der Waals surface area (Å²) >= 11 is 0. The van der Waals surface area contributed by atoms with E-state index in [1.165, 1.54) is 11.6 Å². The molecule has 6 heteroatoms. The van der Waals surface area contributed by atoms with Gasteiger partial charge < -0.3 is 4.90 Å². The van der Waals surface area contributed by atoms with Gasteiger partial charge in [-0.3, -0.25) is 0 Å². The smallest absolute Gasteiger partial charge is 0.152 e. The summed E-state index contributed by atoms with van der Waals surface area (Å²) in [6.45, 7) is 5.44. The fraction of sp³-hybridized carbons (Fsp3) is 0.409. The second kappa shape index (κ2) is 6.19. The molecule has 1 saturated heterocycles. The molecule has 0 saturated carbocycles. The minimum Gasteiger partial charge on any atom is -0.370 e. The number of rotatable bonds is 1. The number of hydrogen-bond acceptors (Lipinski definition) is 4. The van der Waals surface area contributed by atoms with Crippen LogP contribution in [0.2, 0.25) is 0 Å². The number of piperidine rings is 1. The molecule has 4 nitrogen and oxygen atoms in total. The van der Waals surface area contributed by atoms with Gasteiger partial charge in [0.05, 0.1) is 5.69 Å². The SMILES string of the molecule is Cc1cc(N2CCCC3(CCc4cnc(C)nc43)C2)c2cc(F)cc(F)c2n1. The molecule has 0 amide bonds. The third-order valence-electron chi connectivity index (χ3n) is 6.22. The Balaban J connectivity index is 1.62. The zero-order valence-electron chi connectivity index (χ0n) is 16.1. The fourth-order valence-corrected chi connectivity index (χ4v) is 4.98. The predicted molar refractivity (Wildman–Crippen MR) is 105 cm³/mol. The van der Waals surface area contributed by atoms with E-state index in [1.807, 2.05) is 26.1 Å². The number of halogens is 2. The highest BCUT2D eigenvalue weighted by Gasteiger charge is 2.44. The van der Waals surface area contributed by atoms with Crippen molar-refractivity contribution < 1.29 is 8.78 Å². The number of pyridine rings is 1. The Bertz CT molecular complexity index is 1090. The number of benzene rings is 1. The number of anilines is 1. The summed E-state index contributed by atoms with van der Waals surface area (Å²) in [5.74, 6) is -0.383. The van der Waals surface area contributed by atoms with Gasteiger partial charge in [0, 0.05) is 47.5 Å². The lowest BCUT2D eigenvalue weighted by Crippen LogP contribution is -2.45. The van der Waals surface area contributed by atoms with Crippen LogP contribution in [0.5, 0.6) is 0 Å². The van der Waals surface area contributed by atoms with Crippen molar-refractivity contribution in [2.24, 2.45) is 0 Å². The minimum atomic E-state index is -0.610. The van der Waals surface area contributed by atoms with Crippen LogP contribution in [0.25, 0.3) is 10.9 Å². The Morgan fingerprint density at radius 1 is 1.07 bits per heavy atom. The van der Waals surface area contributed by atoms with E-state index in [0.29, 0.717) is 5.39 Å². The summed E-state index contributed by atoms with van der Waals surface area (Å²) in [5.41, 5.74) is 4.21. The number of nitrogens with zero attached hydrogens (tertiary/aromatic N) is 4. The van der Waals surface area contributed by atoms with Crippen molar-refractivity contribution in [3.05, 3.63) is 58.8 Å². The minimum absolute atomic E-state index is 0.0172. The van der Waals surface area contributed by atoms with Gasteiger partial charge in [0.25, 0.3) is 0 Å². The molecule has 2 aromatic heterocycles. The van der Waals surface area contributed by atoms with Crippen molar-refractivity contribution in [2.75, 3.05) is 18.0 Å². The molecule has 0 bridgehead atoms. The van der Waals surface area contributed by atoms with Crippen LogP contribution < -0.4 is 4.90 Å². The van der Waals surface area contributed by atoms with Crippen molar-refractivity contribution in [3.63, 3.8) is 0 Å². The first kappa shape index (κ1) is 17.5. The van der Waals surface area contributed by atoms with Crippen LogP contribution >= 0.6 is 0 Å². The van der Waals surface area contributed by atoms with Gasteiger partial charge >= 0.3 is 0 Å². The van der Waals surface area contributed by atoms with Gasteiger partial charge in [-0.2, -0.15) is 0 Å². The first-order valence-corrected chi connectivity index (χ1v) is 9.80. The molecule has 1 spiro atoms. The van der Waals surface area contributed by atoms with Gasteiger partial charge in [-0.15, -0.1) is 0 Å². The van der Waals surface area contributed by atoms with E-state index < -0.39 is 11.6 Å². The van der Waals surface area contributed by atoms with Crippen molar-refractivity contribution in [1.82, 2.24) is 15.0 Å². The van der Waals surface area contributed by atoms with E-state index in [9.17, 15) is 8.78 Å². The summed E-state index contributed by atoms with van der Waals surface area (Å²) in [4.78, 5) is 15.7. The van der Waals surface area contributed by atoms with Crippen molar-refractivity contribution >= 4 is 16.6 Å². The molecule has 2 aliphatic rings. The Morgan fingerprint density at radius 2 is 1.93 bits per heavy atom. The average Bonchev–Trinajstić information content (AvgIpc) is 2.99. The van der Waals surface area contributed by atoms with E-state index in [4.69, 9.17) is 4.98 Å². The quantitative estimate of drug-likeness (QED) is 0.627. The summed E-state index contributed by atoms with van der Waals surface area (Å²) in [6, 6.07) is 4.25. The number of aromatic nitrogens is 3. The predicted octanol–water partition coefficient (Wildman–Crippen LogP) is 4.40.